The fourth-order valence-electron chi connectivity index (χ4n) is 4.69. The van der Waals surface area contributed by atoms with Crippen molar-refractivity contribution in [3.63, 3.8) is 0 Å². The number of aromatic nitrogens is 4. The molecule has 8 heteroatoms. The van der Waals surface area contributed by atoms with Gasteiger partial charge in [0.1, 0.15) is 17.2 Å². The maximum atomic E-state index is 14.0. The summed E-state index contributed by atoms with van der Waals surface area (Å²) < 4.78 is 17.5. The third-order valence-corrected chi connectivity index (χ3v) is 6.66. The second-order valence-corrected chi connectivity index (χ2v) is 9.23. The molecule has 1 amide bonds. The number of hydrogen-bond acceptors (Lipinski definition) is 4. The van der Waals surface area contributed by atoms with Crippen LogP contribution in [-0.2, 0) is 19.5 Å². The summed E-state index contributed by atoms with van der Waals surface area (Å²) in [5.41, 5.74) is 6.79. The number of benzene rings is 2. The number of halogens is 1. The number of nitrogens with zero attached hydrogens (tertiary/aromatic N) is 5. The molecule has 36 heavy (non-hydrogen) atoms. The summed E-state index contributed by atoms with van der Waals surface area (Å²) in [7, 11) is 2.11. The third kappa shape index (κ3) is 4.27. The molecule has 5 aromatic rings. The van der Waals surface area contributed by atoms with Crippen LogP contribution in [0.5, 0.6) is 0 Å². The number of pyridine rings is 1. The van der Waals surface area contributed by atoms with Crippen LogP contribution in [0.15, 0.2) is 79.4 Å². The minimum Gasteiger partial charge on any atom is -0.321 e. The van der Waals surface area contributed by atoms with E-state index in [1.165, 1.54) is 17.2 Å². The smallest absolute Gasteiger partial charge is 0.274 e. The van der Waals surface area contributed by atoms with Gasteiger partial charge in [-0.2, -0.15) is 5.10 Å². The second-order valence-electron chi connectivity index (χ2n) is 9.23. The lowest BCUT2D eigenvalue weighted by Crippen LogP contribution is -2.26. The number of amides is 1. The molecule has 1 N–H and O–H groups in total. The van der Waals surface area contributed by atoms with Gasteiger partial charge in [0, 0.05) is 47.9 Å². The van der Waals surface area contributed by atoms with Crippen LogP contribution in [0.1, 0.15) is 27.2 Å². The average Bonchev–Trinajstić information content (AvgIpc) is 3.52. The number of hydrogen-bond donors (Lipinski definition) is 1. The Morgan fingerprint density at radius 3 is 2.81 bits per heavy atom. The van der Waals surface area contributed by atoms with Crippen LogP contribution in [0.2, 0.25) is 0 Å². The van der Waals surface area contributed by atoms with Gasteiger partial charge in [0.15, 0.2) is 0 Å². The Kier molecular flexibility index (Phi) is 5.58. The lowest BCUT2D eigenvalue weighted by atomic mass is 9.99. The topological polar surface area (TPSA) is 67.5 Å². The number of nitrogens with one attached hydrogen (secondary N) is 1. The molecule has 0 radical (unpaired) electrons. The Morgan fingerprint density at radius 2 is 1.92 bits per heavy atom. The Morgan fingerprint density at radius 1 is 1.03 bits per heavy atom. The van der Waals surface area contributed by atoms with E-state index in [9.17, 15) is 9.18 Å². The van der Waals surface area contributed by atoms with E-state index >= 15 is 0 Å². The monoisotopic (exact) mass is 480 g/mol. The first-order valence-corrected chi connectivity index (χ1v) is 11.9. The third-order valence-electron chi connectivity index (χ3n) is 6.66. The zero-order chi connectivity index (χ0) is 24.6. The summed E-state index contributed by atoms with van der Waals surface area (Å²) in [5, 5.41) is 7.42. The van der Waals surface area contributed by atoms with E-state index in [0.717, 1.165) is 36.3 Å². The summed E-state index contributed by atoms with van der Waals surface area (Å²) in [6, 6.07) is 16.6. The molecule has 0 unspecified atom stereocenters. The summed E-state index contributed by atoms with van der Waals surface area (Å²) in [6.07, 6.45) is 8.09. The lowest BCUT2D eigenvalue weighted by Gasteiger charge is -2.25. The van der Waals surface area contributed by atoms with Gasteiger partial charge in [-0.3, -0.25) is 13.9 Å². The van der Waals surface area contributed by atoms with Gasteiger partial charge in [0.25, 0.3) is 5.91 Å². The first-order valence-electron chi connectivity index (χ1n) is 11.9. The SMILES string of the molecule is CN1CCc2ccc(NC(=O)c3cnc4ccc(-c5cnn(Cc6ccccc6F)c5)cn34)cc2C1. The zero-order valence-corrected chi connectivity index (χ0v) is 19.9. The van der Waals surface area contributed by atoms with Crippen LogP contribution in [-0.4, -0.2) is 43.6 Å². The lowest BCUT2D eigenvalue weighted by molar-refractivity contribution is 0.102. The molecule has 4 heterocycles. The van der Waals surface area contributed by atoms with Gasteiger partial charge < -0.3 is 10.2 Å². The molecule has 0 bridgehead atoms. The van der Waals surface area contributed by atoms with Crippen molar-refractivity contribution in [2.75, 3.05) is 18.9 Å². The molecular formula is C28H25FN6O. The summed E-state index contributed by atoms with van der Waals surface area (Å²) in [6.45, 7) is 2.26. The van der Waals surface area contributed by atoms with E-state index in [-0.39, 0.29) is 11.7 Å². The van der Waals surface area contributed by atoms with Crippen LogP contribution in [0, 0.1) is 5.82 Å². The van der Waals surface area contributed by atoms with Crippen LogP contribution < -0.4 is 5.32 Å². The number of rotatable bonds is 5. The van der Waals surface area contributed by atoms with Crippen molar-refractivity contribution in [2.45, 2.75) is 19.5 Å². The maximum absolute atomic E-state index is 14.0. The minimum absolute atomic E-state index is 0.223. The van der Waals surface area contributed by atoms with Crippen molar-refractivity contribution in [2.24, 2.45) is 0 Å². The Balaban J connectivity index is 1.24. The fraction of sp³-hybridized carbons (Fsp3) is 0.179. The van der Waals surface area contributed by atoms with E-state index in [1.54, 1.807) is 33.6 Å². The number of carbonyl (C=O) groups is 1. The van der Waals surface area contributed by atoms with Gasteiger partial charge >= 0.3 is 0 Å². The number of carbonyl (C=O) groups excluding carboxylic acids is 1. The molecule has 0 spiro atoms. The highest BCUT2D eigenvalue weighted by atomic mass is 19.1. The molecular weight excluding hydrogens is 455 g/mol. The van der Waals surface area contributed by atoms with Crippen molar-refractivity contribution >= 4 is 17.2 Å². The summed E-state index contributed by atoms with van der Waals surface area (Å²) in [5.74, 6) is -0.477. The molecule has 0 aliphatic carbocycles. The molecule has 180 valence electrons. The van der Waals surface area contributed by atoms with Crippen molar-refractivity contribution in [1.29, 1.82) is 0 Å². The predicted octanol–water partition coefficient (Wildman–Crippen LogP) is 4.63. The minimum atomic E-state index is -0.254. The molecule has 1 aliphatic rings. The van der Waals surface area contributed by atoms with Crippen molar-refractivity contribution in [3.05, 3.63) is 108 Å². The number of imidazole rings is 1. The van der Waals surface area contributed by atoms with Crippen LogP contribution in [0.25, 0.3) is 16.8 Å². The van der Waals surface area contributed by atoms with E-state index in [4.69, 9.17) is 0 Å². The van der Waals surface area contributed by atoms with Gasteiger partial charge in [-0.15, -0.1) is 0 Å². The Labute approximate surface area is 207 Å². The van der Waals surface area contributed by atoms with E-state index < -0.39 is 0 Å². The molecule has 2 aromatic carbocycles. The Hall–Kier alpha value is -4.30. The molecule has 0 fully saturated rings. The highest BCUT2D eigenvalue weighted by molar-refractivity contribution is 6.03. The predicted molar refractivity (Wildman–Crippen MR) is 136 cm³/mol. The van der Waals surface area contributed by atoms with Gasteiger partial charge in [-0.05, 0) is 54.9 Å². The van der Waals surface area contributed by atoms with Crippen LogP contribution in [0.4, 0.5) is 10.1 Å². The number of likely N-dealkylation sites (N-methyl/N-ethyl adjacent to an activating group) is 1. The molecule has 0 atom stereocenters. The normalized spacial score (nSPS) is 13.6. The van der Waals surface area contributed by atoms with Gasteiger partial charge in [-0.1, -0.05) is 24.3 Å². The van der Waals surface area contributed by atoms with Gasteiger partial charge in [0.05, 0.1) is 18.9 Å². The first kappa shape index (κ1) is 22.2. The van der Waals surface area contributed by atoms with Gasteiger partial charge in [0.2, 0.25) is 0 Å². The van der Waals surface area contributed by atoms with E-state index in [2.05, 4.69) is 39.5 Å². The largest absolute Gasteiger partial charge is 0.321 e. The van der Waals surface area contributed by atoms with Crippen LogP contribution >= 0.6 is 0 Å². The van der Waals surface area contributed by atoms with Crippen LogP contribution in [0.3, 0.4) is 0 Å². The van der Waals surface area contributed by atoms with Crippen molar-refractivity contribution in [1.82, 2.24) is 24.1 Å². The highest BCUT2D eigenvalue weighted by Gasteiger charge is 2.17. The van der Waals surface area contributed by atoms with Crippen molar-refractivity contribution in [3.8, 4) is 11.1 Å². The molecule has 0 saturated heterocycles. The standard InChI is InChI=1S/C28H25FN6O/c1-33-11-10-19-6-8-24(12-22(19)15-33)32-28(36)26-14-30-27-9-7-20(18-35(26)27)23-13-31-34(17-23)16-21-4-2-3-5-25(21)29/h2-9,12-14,17-18H,10-11,15-16H2,1H3,(H,32,36). The number of anilines is 1. The first-order chi connectivity index (χ1) is 17.5. The molecule has 1 aliphatic heterocycles. The fourth-order valence-corrected chi connectivity index (χ4v) is 4.69. The maximum Gasteiger partial charge on any atom is 0.274 e. The van der Waals surface area contributed by atoms with E-state index in [1.807, 2.05) is 36.7 Å². The van der Waals surface area contributed by atoms with E-state index in [0.29, 0.717) is 23.4 Å². The second kappa shape index (κ2) is 9.05. The summed E-state index contributed by atoms with van der Waals surface area (Å²) in [4.78, 5) is 19.9. The zero-order valence-electron chi connectivity index (χ0n) is 19.9. The molecule has 7 nitrogen and oxygen atoms in total. The highest BCUT2D eigenvalue weighted by Crippen LogP contribution is 2.24. The summed E-state index contributed by atoms with van der Waals surface area (Å²) >= 11 is 0. The van der Waals surface area contributed by atoms with Crippen molar-refractivity contribution < 1.29 is 9.18 Å². The quantitative estimate of drug-likeness (QED) is 0.399. The molecule has 6 rings (SSSR count). The Bertz CT molecular complexity index is 1590. The molecule has 3 aromatic heterocycles. The molecule has 0 saturated carbocycles. The van der Waals surface area contributed by atoms with Gasteiger partial charge in [-0.25, -0.2) is 9.37 Å². The average molecular weight is 481 g/mol. The number of fused-ring (bicyclic) bond motifs is 2.